The van der Waals surface area contributed by atoms with E-state index in [0.717, 1.165) is 11.1 Å². The highest BCUT2D eigenvalue weighted by molar-refractivity contribution is 5.89. The second-order valence-corrected chi connectivity index (χ2v) is 4.52. The number of aliphatic hydroxyl groups is 1. The first kappa shape index (κ1) is 14.1. The van der Waals surface area contributed by atoms with Gasteiger partial charge < -0.3 is 15.7 Å². The Hall–Kier alpha value is -2.34. The minimum Gasteiger partial charge on any atom is -0.395 e. The second-order valence-electron chi connectivity index (χ2n) is 4.52. The number of nitrogens with zero attached hydrogens (tertiary/aromatic N) is 2. The molecule has 0 saturated heterocycles. The SMILES string of the molecule is Cc1cnn(Cc2ccc(NC(=O)NCCO)cc2)c1. The molecule has 106 valence electrons. The first-order valence-corrected chi connectivity index (χ1v) is 6.41. The van der Waals surface area contributed by atoms with Crippen LogP contribution in [0.1, 0.15) is 11.1 Å². The Labute approximate surface area is 117 Å². The number of hydrogen-bond donors (Lipinski definition) is 3. The number of rotatable bonds is 5. The van der Waals surface area contributed by atoms with Gasteiger partial charge in [0.2, 0.25) is 0 Å². The zero-order chi connectivity index (χ0) is 14.4. The third-order valence-electron chi connectivity index (χ3n) is 2.72. The van der Waals surface area contributed by atoms with Crippen LogP contribution in [0.4, 0.5) is 10.5 Å². The molecule has 2 amide bonds. The van der Waals surface area contributed by atoms with E-state index in [1.54, 1.807) is 0 Å². The van der Waals surface area contributed by atoms with E-state index in [-0.39, 0.29) is 19.2 Å². The van der Waals surface area contributed by atoms with Crippen molar-refractivity contribution in [3.8, 4) is 0 Å². The predicted octanol–water partition coefficient (Wildman–Crippen LogP) is 1.35. The molecule has 6 nitrogen and oxygen atoms in total. The highest BCUT2D eigenvalue weighted by atomic mass is 16.3. The lowest BCUT2D eigenvalue weighted by Crippen LogP contribution is -2.30. The molecular weight excluding hydrogens is 256 g/mol. The number of carbonyl (C=O) groups is 1. The number of aliphatic hydroxyl groups excluding tert-OH is 1. The van der Waals surface area contributed by atoms with Crippen molar-refractivity contribution in [2.45, 2.75) is 13.5 Å². The van der Waals surface area contributed by atoms with Gasteiger partial charge in [0.15, 0.2) is 0 Å². The lowest BCUT2D eigenvalue weighted by atomic mass is 10.2. The fraction of sp³-hybridized carbons (Fsp3) is 0.286. The van der Waals surface area contributed by atoms with E-state index in [4.69, 9.17) is 5.11 Å². The van der Waals surface area contributed by atoms with Crippen LogP contribution >= 0.6 is 0 Å². The molecule has 0 unspecified atom stereocenters. The van der Waals surface area contributed by atoms with E-state index >= 15 is 0 Å². The van der Waals surface area contributed by atoms with Crippen LogP contribution in [-0.4, -0.2) is 34.1 Å². The van der Waals surface area contributed by atoms with Gasteiger partial charge in [-0.25, -0.2) is 4.79 Å². The van der Waals surface area contributed by atoms with Crippen LogP contribution in [0.5, 0.6) is 0 Å². The summed E-state index contributed by atoms with van der Waals surface area (Å²) in [6.07, 6.45) is 3.80. The molecule has 1 heterocycles. The summed E-state index contributed by atoms with van der Waals surface area (Å²) in [6.45, 7) is 2.87. The molecule has 0 radical (unpaired) electrons. The molecule has 2 aromatic rings. The van der Waals surface area contributed by atoms with E-state index in [9.17, 15) is 4.79 Å². The fourth-order valence-electron chi connectivity index (χ4n) is 1.78. The van der Waals surface area contributed by atoms with Crippen molar-refractivity contribution < 1.29 is 9.90 Å². The zero-order valence-corrected chi connectivity index (χ0v) is 11.3. The van der Waals surface area contributed by atoms with Crippen LogP contribution in [0.2, 0.25) is 0 Å². The van der Waals surface area contributed by atoms with Gasteiger partial charge in [-0.3, -0.25) is 4.68 Å². The molecule has 0 bridgehead atoms. The smallest absolute Gasteiger partial charge is 0.319 e. The highest BCUT2D eigenvalue weighted by Gasteiger charge is 2.01. The van der Waals surface area contributed by atoms with Crippen LogP contribution in [0.15, 0.2) is 36.7 Å². The average Bonchev–Trinajstić information content (AvgIpc) is 2.84. The highest BCUT2D eigenvalue weighted by Crippen LogP contribution is 2.10. The van der Waals surface area contributed by atoms with Gasteiger partial charge >= 0.3 is 6.03 Å². The maximum absolute atomic E-state index is 11.4. The molecule has 0 spiro atoms. The van der Waals surface area contributed by atoms with E-state index in [1.165, 1.54) is 0 Å². The third kappa shape index (κ3) is 4.10. The standard InChI is InChI=1S/C14H18N4O2/c1-11-8-16-18(9-11)10-12-2-4-13(5-3-12)17-14(20)15-6-7-19/h2-5,8-9,19H,6-7,10H2,1H3,(H2,15,17,20). The van der Waals surface area contributed by atoms with Crippen molar-refractivity contribution in [2.75, 3.05) is 18.5 Å². The zero-order valence-electron chi connectivity index (χ0n) is 11.3. The van der Waals surface area contributed by atoms with Crippen molar-refractivity contribution in [3.05, 3.63) is 47.8 Å². The molecule has 0 fully saturated rings. The van der Waals surface area contributed by atoms with Crippen LogP contribution in [0, 0.1) is 6.92 Å². The Morgan fingerprint density at radius 3 is 2.70 bits per heavy atom. The van der Waals surface area contributed by atoms with Gasteiger partial charge in [0, 0.05) is 18.4 Å². The normalized spacial score (nSPS) is 10.3. The number of benzene rings is 1. The first-order chi connectivity index (χ1) is 9.67. The lowest BCUT2D eigenvalue weighted by molar-refractivity contribution is 0.245. The maximum atomic E-state index is 11.4. The van der Waals surface area contributed by atoms with Gasteiger partial charge in [-0.05, 0) is 30.2 Å². The predicted molar refractivity (Wildman–Crippen MR) is 76.6 cm³/mol. The molecule has 2 rings (SSSR count). The summed E-state index contributed by atoms with van der Waals surface area (Å²) in [5.41, 5.74) is 2.94. The van der Waals surface area contributed by atoms with Crippen molar-refractivity contribution in [2.24, 2.45) is 0 Å². The number of nitrogens with one attached hydrogen (secondary N) is 2. The Kier molecular flexibility index (Phi) is 4.73. The molecule has 20 heavy (non-hydrogen) atoms. The Morgan fingerprint density at radius 1 is 1.35 bits per heavy atom. The summed E-state index contributed by atoms with van der Waals surface area (Å²) in [4.78, 5) is 11.4. The molecule has 1 aromatic carbocycles. The summed E-state index contributed by atoms with van der Waals surface area (Å²) in [5.74, 6) is 0. The summed E-state index contributed by atoms with van der Waals surface area (Å²) >= 11 is 0. The first-order valence-electron chi connectivity index (χ1n) is 6.41. The Morgan fingerprint density at radius 2 is 2.10 bits per heavy atom. The van der Waals surface area contributed by atoms with E-state index < -0.39 is 0 Å². The number of aryl methyl sites for hydroxylation is 1. The summed E-state index contributed by atoms with van der Waals surface area (Å²) in [6, 6.07) is 7.24. The van der Waals surface area contributed by atoms with Crippen LogP contribution in [0.3, 0.4) is 0 Å². The number of amides is 2. The third-order valence-corrected chi connectivity index (χ3v) is 2.72. The minimum atomic E-state index is -0.325. The molecule has 0 aliphatic rings. The second kappa shape index (κ2) is 6.72. The van der Waals surface area contributed by atoms with Gasteiger partial charge in [-0.2, -0.15) is 5.10 Å². The summed E-state index contributed by atoms with van der Waals surface area (Å²) < 4.78 is 1.87. The molecule has 0 aliphatic heterocycles. The number of aromatic nitrogens is 2. The molecule has 0 atom stereocenters. The Balaban J connectivity index is 1.91. The lowest BCUT2D eigenvalue weighted by Gasteiger charge is -2.07. The monoisotopic (exact) mass is 274 g/mol. The molecule has 3 N–H and O–H groups in total. The van der Waals surface area contributed by atoms with E-state index in [2.05, 4.69) is 15.7 Å². The largest absolute Gasteiger partial charge is 0.395 e. The van der Waals surface area contributed by atoms with Crippen molar-refractivity contribution in [3.63, 3.8) is 0 Å². The number of carbonyl (C=O) groups excluding carboxylic acids is 1. The van der Waals surface area contributed by atoms with E-state index in [0.29, 0.717) is 12.2 Å². The molecule has 1 aromatic heterocycles. The number of hydrogen-bond acceptors (Lipinski definition) is 3. The minimum absolute atomic E-state index is 0.0738. The summed E-state index contributed by atoms with van der Waals surface area (Å²) in [7, 11) is 0. The Bertz CT molecular complexity index is 563. The topological polar surface area (TPSA) is 79.2 Å². The quantitative estimate of drug-likeness (QED) is 0.770. The van der Waals surface area contributed by atoms with Gasteiger partial charge in [0.05, 0.1) is 19.3 Å². The van der Waals surface area contributed by atoms with Crippen LogP contribution in [0.25, 0.3) is 0 Å². The van der Waals surface area contributed by atoms with Gasteiger partial charge in [-0.1, -0.05) is 12.1 Å². The van der Waals surface area contributed by atoms with Crippen LogP contribution in [-0.2, 0) is 6.54 Å². The number of anilines is 1. The fourth-order valence-corrected chi connectivity index (χ4v) is 1.78. The molecule has 6 heteroatoms. The average molecular weight is 274 g/mol. The summed E-state index contributed by atoms with van der Waals surface area (Å²) in [5, 5.41) is 18.0. The van der Waals surface area contributed by atoms with E-state index in [1.807, 2.05) is 48.3 Å². The van der Waals surface area contributed by atoms with Gasteiger partial charge in [-0.15, -0.1) is 0 Å². The van der Waals surface area contributed by atoms with Gasteiger partial charge in [0.1, 0.15) is 0 Å². The van der Waals surface area contributed by atoms with Gasteiger partial charge in [0.25, 0.3) is 0 Å². The van der Waals surface area contributed by atoms with Crippen molar-refractivity contribution >= 4 is 11.7 Å². The molecule has 0 aliphatic carbocycles. The van der Waals surface area contributed by atoms with Crippen LogP contribution < -0.4 is 10.6 Å². The maximum Gasteiger partial charge on any atom is 0.319 e. The molecule has 0 saturated carbocycles. The molecular formula is C14H18N4O2. The van der Waals surface area contributed by atoms with Crippen molar-refractivity contribution in [1.82, 2.24) is 15.1 Å². The number of urea groups is 1. The van der Waals surface area contributed by atoms with Crippen molar-refractivity contribution in [1.29, 1.82) is 0 Å².